The SMILES string of the molecule is CC12CCC(c3cc(F)cc(F)c3)N1C(=O)C1(CC(O)C1)C2. The van der Waals surface area contributed by atoms with Gasteiger partial charge < -0.3 is 10.0 Å². The van der Waals surface area contributed by atoms with Gasteiger partial charge in [0.25, 0.3) is 0 Å². The summed E-state index contributed by atoms with van der Waals surface area (Å²) in [6, 6.07) is 3.24. The number of rotatable bonds is 1. The Kier molecular flexibility index (Phi) is 2.75. The number of aliphatic hydroxyl groups excluding tert-OH is 1. The van der Waals surface area contributed by atoms with Crippen molar-refractivity contribution in [1.29, 1.82) is 0 Å². The first-order valence-electron chi connectivity index (χ1n) is 7.81. The van der Waals surface area contributed by atoms with Gasteiger partial charge in [0.05, 0.1) is 17.6 Å². The molecule has 2 saturated heterocycles. The third kappa shape index (κ3) is 1.78. The van der Waals surface area contributed by atoms with E-state index >= 15 is 0 Å². The monoisotopic (exact) mass is 307 g/mol. The predicted molar refractivity (Wildman–Crippen MR) is 75.9 cm³/mol. The lowest BCUT2D eigenvalue weighted by Gasteiger charge is -2.41. The number of benzene rings is 1. The molecule has 2 aliphatic heterocycles. The summed E-state index contributed by atoms with van der Waals surface area (Å²) >= 11 is 0. The van der Waals surface area contributed by atoms with Gasteiger partial charge in [0.15, 0.2) is 0 Å². The molecule has 0 bridgehead atoms. The van der Waals surface area contributed by atoms with Crippen molar-refractivity contribution in [1.82, 2.24) is 4.90 Å². The van der Waals surface area contributed by atoms with Crippen LogP contribution in [0.25, 0.3) is 0 Å². The number of amides is 1. The van der Waals surface area contributed by atoms with Gasteiger partial charge in [-0.25, -0.2) is 8.78 Å². The average molecular weight is 307 g/mol. The molecule has 4 rings (SSSR count). The lowest BCUT2D eigenvalue weighted by Crippen LogP contribution is -2.47. The second kappa shape index (κ2) is 4.28. The molecule has 118 valence electrons. The van der Waals surface area contributed by atoms with Crippen LogP contribution in [0.5, 0.6) is 0 Å². The zero-order valence-corrected chi connectivity index (χ0v) is 12.5. The van der Waals surface area contributed by atoms with E-state index in [1.807, 2.05) is 4.90 Å². The van der Waals surface area contributed by atoms with E-state index in [1.165, 1.54) is 12.1 Å². The summed E-state index contributed by atoms with van der Waals surface area (Å²) in [6.45, 7) is 2.06. The van der Waals surface area contributed by atoms with Gasteiger partial charge >= 0.3 is 0 Å². The molecule has 1 aromatic rings. The highest BCUT2D eigenvalue weighted by Gasteiger charge is 2.65. The summed E-state index contributed by atoms with van der Waals surface area (Å²) in [5.74, 6) is -1.17. The van der Waals surface area contributed by atoms with Gasteiger partial charge in [-0.15, -0.1) is 0 Å². The first-order chi connectivity index (χ1) is 10.3. The highest BCUT2D eigenvalue weighted by molar-refractivity contribution is 5.88. The topological polar surface area (TPSA) is 40.5 Å². The van der Waals surface area contributed by atoms with Gasteiger partial charge in [-0.1, -0.05) is 0 Å². The molecule has 1 N–H and O–H groups in total. The lowest BCUT2D eigenvalue weighted by molar-refractivity contribution is -0.149. The second-order valence-electron chi connectivity index (χ2n) is 7.45. The van der Waals surface area contributed by atoms with Crippen LogP contribution in [0.4, 0.5) is 8.78 Å². The molecule has 1 spiro atoms. The highest BCUT2D eigenvalue weighted by atomic mass is 19.1. The molecule has 1 saturated carbocycles. The second-order valence-corrected chi connectivity index (χ2v) is 7.45. The number of carbonyl (C=O) groups is 1. The third-order valence-corrected chi connectivity index (χ3v) is 5.76. The maximum absolute atomic E-state index is 13.5. The molecule has 2 unspecified atom stereocenters. The number of hydrogen-bond donors (Lipinski definition) is 1. The van der Waals surface area contributed by atoms with E-state index in [9.17, 15) is 18.7 Å². The summed E-state index contributed by atoms with van der Waals surface area (Å²) in [6.07, 6.45) is 2.94. The fraction of sp³-hybridized carbons (Fsp3) is 0.588. The van der Waals surface area contributed by atoms with E-state index in [2.05, 4.69) is 6.92 Å². The van der Waals surface area contributed by atoms with E-state index < -0.39 is 23.2 Å². The Bertz CT molecular complexity index is 636. The molecule has 3 aliphatic rings. The molecule has 2 heterocycles. The Morgan fingerprint density at radius 1 is 1.23 bits per heavy atom. The lowest BCUT2D eigenvalue weighted by atomic mass is 9.63. The highest BCUT2D eigenvalue weighted by Crippen LogP contribution is 2.61. The van der Waals surface area contributed by atoms with Crippen LogP contribution in [0.15, 0.2) is 18.2 Å². The van der Waals surface area contributed by atoms with E-state index in [0.717, 1.165) is 25.3 Å². The smallest absolute Gasteiger partial charge is 0.230 e. The van der Waals surface area contributed by atoms with Crippen molar-refractivity contribution in [2.45, 2.75) is 56.7 Å². The van der Waals surface area contributed by atoms with Gasteiger partial charge in [-0.05, 0) is 56.7 Å². The van der Waals surface area contributed by atoms with Crippen LogP contribution in [0, 0.1) is 17.0 Å². The van der Waals surface area contributed by atoms with Gasteiger partial charge in [0, 0.05) is 11.6 Å². The van der Waals surface area contributed by atoms with Crippen molar-refractivity contribution < 1.29 is 18.7 Å². The molecule has 2 atom stereocenters. The van der Waals surface area contributed by atoms with E-state index in [-0.39, 0.29) is 17.5 Å². The Balaban J connectivity index is 1.71. The third-order valence-electron chi connectivity index (χ3n) is 5.76. The number of fused-ring (bicyclic) bond motifs is 1. The van der Waals surface area contributed by atoms with Crippen LogP contribution in [0.3, 0.4) is 0 Å². The standard InChI is InChI=1S/C17H19F2NO2/c1-16-3-2-14(10-4-11(18)6-12(19)5-10)20(16)15(22)17(9-16)7-13(21)8-17/h4-6,13-14,21H,2-3,7-9H2,1H3. The molecule has 3 fully saturated rings. The molecular formula is C17H19F2NO2. The van der Waals surface area contributed by atoms with Crippen LogP contribution in [-0.4, -0.2) is 27.6 Å². The summed E-state index contributed by atoms with van der Waals surface area (Å²) in [4.78, 5) is 14.8. The van der Waals surface area contributed by atoms with Gasteiger partial charge in [-0.3, -0.25) is 4.79 Å². The molecule has 3 nitrogen and oxygen atoms in total. The molecule has 0 radical (unpaired) electrons. The molecule has 1 aliphatic carbocycles. The number of halogens is 2. The van der Waals surface area contributed by atoms with Crippen LogP contribution in [0.1, 0.15) is 50.6 Å². The van der Waals surface area contributed by atoms with Gasteiger partial charge in [-0.2, -0.15) is 0 Å². The molecule has 5 heteroatoms. The Hall–Kier alpha value is -1.49. The molecule has 1 aromatic carbocycles. The van der Waals surface area contributed by atoms with Crippen LogP contribution >= 0.6 is 0 Å². The predicted octanol–water partition coefficient (Wildman–Crippen LogP) is 2.93. The summed E-state index contributed by atoms with van der Waals surface area (Å²) in [5, 5.41) is 9.62. The van der Waals surface area contributed by atoms with Crippen molar-refractivity contribution in [3.63, 3.8) is 0 Å². The summed E-state index contributed by atoms with van der Waals surface area (Å²) < 4.78 is 27.0. The van der Waals surface area contributed by atoms with Crippen molar-refractivity contribution in [3.05, 3.63) is 35.4 Å². The van der Waals surface area contributed by atoms with E-state index in [4.69, 9.17) is 0 Å². The van der Waals surface area contributed by atoms with Crippen LogP contribution < -0.4 is 0 Å². The van der Waals surface area contributed by atoms with E-state index in [0.29, 0.717) is 18.4 Å². The summed E-state index contributed by atoms with van der Waals surface area (Å²) in [5.41, 5.74) is -0.171. The Labute approximate surface area is 127 Å². The molecule has 22 heavy (non-hydrogen) atoms. The number of hydrogen-bond acceptors (Lipinski definition) is 2. The van der Waals surface area contributed by atoms with Crippen LogP contribution in [0.2, 0.25) is 0 Å². The molecule has 0 aromatic heterocycles. The summed E-state index contributed by atoms with van der Waals surface area (Å²) in [7, 11) is 0. The normalized spacial score (nSPS) is 40.2. The molecular weight excluding hydrogens is 288 g/mol. The van der Waals surface area contributed by atoms with Crippen molar-refractivity contribution in [2.75, 3.05) is 0 Å². The first-order valence-corrected chi connectivity index (χ1v) is 7.81. The Morgan fingerprint density at radius 2 is 1.86 bits per heavy atom. The fourth-order valence-electron chi connectivity index (χ4n) is 4.94. The van der Waals surface area contributed by atoms with Gasteiger partial charge in [0.2, 0.25) is 5.91 Å². The van der Waals surface area contributed by atoms with E-state index in [1.54, 1.807) is 0 Å². The minimum Gasteiger partial charge on any atom is -0.393 e. The average Bonchev–Trinajstić information content (AvgIpc) is 2.81. The molecule has 1 amide bonds. The zero-order chi connectivity index (χ0) is 15.7. The maximum atomic E-state index is 13.5. The van der Waals surface area contributed by atoms with Gasteiger partial charge in [0.1, 0.15) is 11.6 Å². The number of nitrogens with zero attached hydrogens (tertiary/aromatic N) is 1. The van der Waals surface area contributed by atoms with Crippen molar-refractivity contribution in [2.24, 2.45) is 5.41 Å². The fourth-order valence-corrected chi connectivity index (χ4v) is 4.94. The zero-order valence-electron chi connectivity index (χ0n) is 12.5. The van der Waals surface area contributed by atoms with Crippen molar-refractivity contribution in [3.8, 4) is 0 Å². The minimum absolute atomic E-state index is 0.0486. The number of carbonyl (C=O) groups excluding carboxylic acids is 1. The maximum Gasteiger partial charge on any atom is 0.230 e. The van der Waals surface area contributed by atoms with Crippen molar-refractivity contribution >= 4 is 5.91 Å². The largest absolute Gasteiger partial charge is 0.393 e. The minimum atomic E-state index is -0.607. The quantitative estimate of drug-likeness (QED) is 0.866. The Morgan fingerprint density at radius 3 is 2.45 bits per heavy atom. The number of aliphatic hydroxyl groups is 1. The first kappa shape index (κ1) is 14.1. The van der Waals surface area contributed by atoms with Crippen LogP contribution in [-0.2, 0) is 4.79 Å².